The van der Waals surface area contributed by atoms with E-state index in [4.69, 9.17) is 16.6 Å². The fraction of sp³-hybridized carbons (Fsp3) is 0.238. The molecule has 5 nitrogen and oxygen atoms in total. The van der Waals surface area contributed by atoms with Crippen molar-refractivity contribution >= 4 is 28.5 Å². The van der Waals surface area contributed by atoms with Crippen LogP contribution in [0.3, 0.4) is 0 Å². The molecular formula is C21H20ClN3O2. The van der Waals surface area contributed by atoms with Gasteiger partial charge in [0.05, 0.1) is 16.8 Å². The molecular weight excluding hydrogens is 362 g/mol. The number of carboxylic acid groups (broad SMARTS) is 1. The molecule has 6 heteroatoms. The second-order valence-corrected chi connectivity index (χ2v) is 7.11. The summed E-state index contributed by atoms with van der Waals surface area (Å²) >= 11 is 6.16. The fourth-order valence-electron chi connectivity index (χ4n) is 3.60. The van der Waals surface area contributed by atoms with Crippen LogP contribution in [0.4, 0.5) is 0 Å². The van der Waals surface area contributed by atoms with Gasteiger partial charge in [-0.1, -0.05) is 41.9 Å². The van der Waals surface area contributed by atoms with E-state index in [0.717, 1.165) is 43.0 Å². The quantitative estimate of drug-likeness (QED) is 0.722. The second-order valence-electron chi connectivity index (χ2n) is 6.67. The van der Waals surface area contributed by atoms with E-state index in [0.29, 0.717) is 28.0 Å². The summed E-state index contributed by atoms with van der Waals surface area (Å²) in [5.41, 5.74) is 3.31. The maximum atomic E-state index is 12.3. The van der Waals surface area contributed by atoms with E-state index in [1.165, 1.54) is 0 Å². The van der Waals surface area contributed by atoms with E-state index in [-0.39, 0.29) is 0 Å². The Morgan fingerprint density at radius 2 is 1.89 bits per heavy atom. The van der Waals surface area contributed by atoms with Gasteiger partial charge in [-0.3, -0.25) is 4.90 Å². The van der Waals surface area contributed by atoms with Crippen LogP contribution in [0.25, 0.3) is 22.2 Å². The minimum Gasteiger partial charge on any atom is -0.478 e. The summed E-state index contributed by atoms with van der Waals surface area (Å²) in [7, 11) is 0. The first-order valence-electron chi connectivity index (χ1n) is 8.97. The number of nitrogens with one attached hydrogen (secondary N) is 1. The summed E-state index contributed by atoms with van der Waals surface area (Å²) in [4.78, 5) is 19.4. The first kappa shape index (κ1) is 17.9. The number of piperazine rings is 1. The molecule has 2 heterocycles. The normalized spacial score (nSPS) is 15.1. The van der Waals surface area contributed by atoms with Gasteiger partial charge in [-0.25, -0.2) is 9.78 Å². The van der Waals surface area contributed by atoms with E-state index >= 15 is 0 Å². The van der Waals surface area contributed by atoms with Crippen LogP contribution in [-0.2, 0) is 6.54 Å². The molecule has 1 aliphatic rings. The number of aromatic carboxylic acids is 1. The van der Waals surface area contributed by atoms with Crippen molar-refractivity contribution in [2.75, 3.05) is 26.2 Å². The van der Waals surface area contributed by atoms with Gasteiger partial charge < -0.3 is 10.4 Å². The molecule has 138 valence electrons. The highest BCUT2D eigenvalue weighted by Crippen LogP contribution is 2.32. The van der Waals surface area contributed by atoms with Crippen molar-refractivity contribution in [2.24, 2.45) is 0 Å². The SMILES string of the molecule is O=C(O)c1c(CN2CCNCC2)c(-c2ccccc2)nc2ccc(Cl)cc12. The molecule has 2 N–H and O–H groups in total. The first-order chi connectivity index (χ1) is 13.1. The van der Waals surface area contributed by atoms with Crippen molar-refractivity contribution in [1.82, 2.24) is 15.2 Å². The Bertz CT molecular complexity index is 986. The van der Waals surface area contributed by atoms with Gasteiger partial charge in [0.1, 0.15) is 0 Å². The van der Waals surface area contributed by atoms with Crippen LogP contribution in [0.1, 0.15) is 15.9 Å². The third kappa shape index (κ3) is 3.67. The lowest BCUT2D eigenvalue weighted by molar-refractivity contribution is 0.0696. The number of hydrogen-bond acceptors (Lipinski definition) is 4. The topological polar surface area (TPSA) is 65.5 Å². The summed E-state index contributed by atoms with van der Waals surface area (Å²) < 4.78 is 0. The molecule has 3 aromatic rings. The van der Waals surface area contributed by atoms with Gasteiger partial charge in [-0.2, -0.15) is 0 Å². The molecule has 0 amide bonds. The summed E-state index contributed by atoms with van der Waals surface area (Å²) in [6, 6.07) is 15.0. The van der Waals surface area contributed by atoms with Crippen molar-refractivity contribution in [3.05, 3.63) is 64.7 Å². The molecule has 0 atom stereocenters. The van der Waals surface area contributed by atoms with Crippen LogP contribution in [-0.4, -0.2) is 47.1 Å². The molecule has 1 aromatic heterocycles. The van der Waals surface area contributed by atoms with Crippen LogP contribution in [0, 0.1) is 0 Å². The molecule has 0 saturated carbocycles. The third-order valence-electron chi connectivity index (χ3n) is 4.90. The van der Waals surface area contributed by atoms with Crippen LogP contribution in [0.5, 0.6) is 0 Å². The van der Waals surface area contributed by atoms with Crippen molar-refractivity contribution in [1.29, 1.82) is 0 Å². The van der Waals surface area contributed by atoms with Gasteiger partial charge in [0.2, 0.25) is 0 Å². The molecule has 0 radical (unpaired) electrons. The summed E-state index contributed by atoms with van der Waals surface area (Å²) in [5.74, 6) is -0.952. The van der Waals surface area contributed by atoms with E-state index in [9.17, 15) is 9.90 Å². The first-order valence-corrected chi connectivity index (χ1v) is 9.35. The number of nitrogens with zero attached hydrogens (tertiary/aromatic N) is 2. The minimum atomic E-state index is -0.952. The highest BCUT2D eigenvalue weighted by atomic mass is 35.5. The molecule has 2 aromatic carbocycles. The Labute approximate surface area is 162 Å². The Morgan fingerprint density at radius 3 is 2.59 bits per heavy atom. The number of hydrogen-bond donors (Lipinski definition) is 2. The van der Waals surface area contributed by atoms with Crippen LogP contribution in [0.2, 0.25) is 5.02 Å². The lowest BCUT2D eigenvalue weighted by Crippen LogP contribution is -2.43. The number of halogens is 1. The van der Waals surface area contributed by atoms with Gasteiger partial charge in [-0.05, 0) is 18.2 Å². The molecule has 1 fully saturated rings. The second kappa shape index (κ2) is 7.64. The average Bonchev–Trinajstić information content (AvgIpc) is 2.68. The molecule has 0 aliphatic carbocycles. The number of benzene rings is 2. The smallest absolute Gasteiger partial charge is 0.336 e. The Morgan fingerprint density at radius 1 is 1.15 bits per heavy atom. The maximum Gasteiger partial charge on any atom is 0.336 e. The van der Waals surface area contributed by atoms with Crippen LogP contribution < -0.4 is 5.32 Å². The average molecular weight is 382 g/mol. The van der Waals surface area contributed by atoms with E-state index in [2.05, 4.69) is 10.2 Å². The Hall–Kier alpha value is -2.47. The van der Waals surface area contributed by atoms with Crippen LogP contribution >= 0.6 is 11.6 Å². The maximum absolute atomic E-state index is 12.3. The Balaban J connectivity index is 1.97. The molecule has 1 aliphatic heterocycles. The minimum absolute atomic E-state index is 0.292. The summed E-state index contributed by atoms with van der Waals surface area (Å²) in [5, 5.41) is 14.5. The van der Waals surface area contributed by atoms with Gasteiger partial charge in [0.25, 0.3) is 0 Å². The standard InChI is InChI=1S/C21H20ClN3O2/c22-15-6-7-18-16(12-15)19(21(26)27)17(13-25-10-8-23-9-11-25)20(24-18)14-4-2-1-3-5-14/h1-7,12,23H,8-11,13H2,(H,26,27). The lowest BCUT2D eigenvalue weighted by Gasteiger charge is -2.28. The van der Waals surface area contributed by atoms with E-state index in [1.807, 2.05) is 30.3 Å². The van der Waals surface area contributed by atoms with Gasteiger partial charge >= 0.3 is 5.97 Å². The fourth-order valence-corrected chi connectivity index (χ4v) is 3.77. The predicted octanol–water partition coefficient (Wildman–Crippen LogP) is 3.66. The van der Waals surface area contributed by atoms with Crippen molar-refractivity contribution in [2.45, 2.75) is 6.54 Å². The zero-order valence-electron chi connectivity index (χ0n) is 14.8. The molecule has 0 spiro atoms. The number of carboxylic acids is 1. The molecule has 0 bridgehead atoms. The zero-order valence-corrected chi connectivity index (χ0v) is 15.5. The summed E-state index contributed by atoms with van der Waals surface area (Å²) in [6.45, 7) is 4.09. The zero-order chi connectivity index (χ0) is 18.8. The highest BCUT2D eigenvalue weighted by molar-refractivity contribution is 6.31. The molecule has 4 rings (SSSR count). The van der Waals surface area contributed by atoms with Crippen molar-refractivity contribution in [3.63, 3.8) is 0 Å². The number of aromatic nitrogens is 1. The predicted molar refractivity (Wildman–Crippen MR) is 107 cm³/mol. The third-order valence-corrected chi connectivity index (χ3v) is 5.14. The molecule has 0 unspecified atom stereocenters. The van der Waals surface area contributed by atoms with Crippen molar-refractivity contribution < 1.29 is 9.90 Å². The number of carbonyl (C=O) groups is 1. The largest absolute Gasteiger partial charge is 0.478 e. The number of rotatable bonds is 4. The lowest BCUT2D eigenvalue weighted by atomic mass is 9.96. The summed E-state index contributed by atoms with van der Waals surface area (Å²) in [6.07, 6.45) is 0. The molecule has 27 heavy (non-hydrogen) atoms. The molecule has 1 saturated heterocycles. The van der Waals surface area contributed by atoms with Gasteiger partial charge in [0.15, 0.2) is 0 Å². The number of pyridine rings is 1. The van der Waals surface area contributed by atoms with Gasteiger partial charge in [-0.15, -0.1) is 0 Å². The van der Waals surface area contributed by atoms with Crippen molar-refractivity contribution in [3.8, 4) is 11.3 Å². The number of fused-ring (bicyclic) bond motifs is 1. The van der Waals surface area contributed by atoms with Crippen LogP contribution in [0.15, 0.2) is 48.5 Å². The van der Waals surface area contributed by atoms with Gasteiger partial charge in [0, 0.05) is 54.3 Å². The highest BCUT2D eigenvalue weighted by Gasteiger charge is 2.23. The monoisotopic (exact) mass is 381 g/mol. The Kier molecular flexibility index (Phi) is 5.07. The van der Waals surface area contributed by atoms with E-state index in [1.54, 1.807) is 18.2 Å². The van der Waals surface area contributed by atoms with E-state index < -0.39 is 5.97 Å².